The quantitative estimate of drug-likeness (QED) is 0.696. The van der Waals surface area contributed by atoms with E-state index < -0.39 is 0 Å². The van der Waals surface area contributed by atoms with Crippen LogP contribution in [0.25, 0.3) is 0 Å². The third-order valence-corrected chi connectivity index (χ3v) is 5.38. The lowest BCUT2D eigenvalue weighted by Crippen LogP contribution is -2.34. The fourth-order valence-corrected chi connectivity index (χ4v) is 3.72. The Morgan fingerprint density at radius 2 is 1.82 bits per heavy atom. The lowest BCUT2D eigenvalue weighted by molar-refractivity contribution is -0.115. The molecule has 5 nitrogen and oxygen atoms in total. The van der Waals surface area contributed by atoms with Crippen LogP contribution in [0.1, 0.15) is 11.1 Å². The lowest BCUT2D eigenvalue weighted by Gasteiger charge is -2.26. The first-order chi connectivity index (χ1) is 13.5. The molecular weight excluding hydrogens is 397 g/mol. The van der Waals surface area contributed by atoms with Crippen molar-refractivity contribution in [2.75, 3.05) is 38.3 Å². The molecule has 0 spiro atoms. The monoisotopic (exact) mass is 415 g/mol. The van der Waals surface area contributed by atoms with Gasteiger partial charge in [0.05, 0.1) is 24.6 Å². The molecule has 1 fully saturated rings. The second kappa shape index (κ2) is 7.95. The summed E-state index contributed by atoms with van der Waals surface area (Å²) in [5.41, 5.74) is 3.23. The number of halogens is 2. The van der Waals surface area contributed by atoms with E-state index in [9.17, 15) is 4.79 Å². The Morgan fingerprint density at radius 3 is 2.57 bits per heavy atom. The molecule has 0 unspecified atom stereocenters. The summed E-state index contributed by atoms with van der Waals surface area (Å²) in [6.45, 7) is 2.70. The van der Waals surface area contributed by atoms with Crippen molar-refractivity contribution in [1.29, 1.82) is 0 Å². The van der Waals surface area contributed by atoms with Crippen LogP contribution in [0.2, 0.25) is 10.0 Å². The molecule has 1 amide bonds. The van der Waals surface area contributed by atoms with E-state index in [-0.39, 0.29) is 5.91 Å². The van der Waals surface area contributed by atoms with Crippen LogP contribution in [0.15, 0.2) is 59.4 Å². The Labute approximate surface area is 173 Å². The maximum Gasteiger partial charge on any atom is 0.278 e. The first-order valence-corrected chi connectivity index (χ1v) is 9.75. The number of aliphatic imine (C=N–C) groups is 1. The molecule has 2 aromatic rings. The normalized spacial score (nSPS) is 18.8. The summed E-state index contributed by atoms with van der Waals surface area (Å²) in [7, 11) is 1.74. The molecule has 0 saturated carbocycles. The molecule has 0 radical (unpaired) electrons. The molecule has 144 valence electrons. The van der Waals surface area contributed by atoms with Gasteiger partial charge >= 0.3 is 0 Å². The smallest absolute Gasteiger partial charge is 0.278 e. The molecular formula is C21H19Cl2N3O2. The number of fused-ring (bicyclic) bond motifs is 1. The highest BCUT2D eigenvalue weighted by molar-refractivity contribution is 6.37. The Bertz CT molecular complexity index is 981. The van der Waals surface area contributed by atoms with E-state index in [2.05, 4.69) is 4.90 Å². The van der Waals surface area contributed by atoms with Gasteiger partial charge in [0.25, 0.3) is 5.91 Å². The number of likely N-dealkylation sites (N-methyl/N-ethyl adjacent to an activating group) is 1. The zero-order valence-corrected chi connectivity index (χ0v) is 16.9. The molecule has 4 rings (SSSR count). The molecule has 7 heteroatoms. The van der Waals surface area contributed by atoms with Crippen LogP contribution in [0, 0.1) is 0 Å². The zero-order chi connectivity index (χ0) is 19.7. The van der Waals surface area contributed by atoms with Crippen LogP contribution in [-0.4, -0.2) is 49.9 Å². The number of hydrogen-bond acceptors (Lipinski definition) is 4. The zero-order valence-electron chi connectivity index (χ0n) is 15.4. The first kappa shape index (κ1) is 19.0. The number of carbonyl (C=O) groups excluding carboxylic acids is 1. The fraction of sp³-hybridized carbons (Fsp3) is 0.238. The number of amides is 1. The van der Waals surface area contributed by atoms with E-state index in [4.69, 9.17) is 32.9 Å². The summed E-state index contributed by atoms with van der Waals surface area (Å²) < 4.78 is 5.40. The minimum Gasteiger partial charge on any atom is -0.378 e. The Kier molecular flexibility index (Phi) is 5.40. The van der Waals surface area contributed by atoms with E-state index in [0.717, 1.165) is 29.9 Å². The predicted octanol–water partition coefficient (Wildman–Crippen LogP) is 3.98. The molecule has 28 heavy (non-hydrogen) atoms. The van der Waals surface area contributed by atoms with E-state index in [1.165, 1.54) is 0 Å². The maximum atomic E-state index is 13.2. The summed E-state index contributed by atoms with van der Waals surface area (Å²) in [4.78, 5) is 21.6. The van der Waals surface area contributed by atoms with Gasteiger partial charge in [-0.1, -0.05) is 41.4 Å². The third kappa shape index (κ3) is 3.65. The second-order valence-corrected chi connectivity index (χ2v) is 7.47. The first-order valence-electron chi connectivity index (χ1n) is 9.00. The number of rotatable bonds is 2. The van der Waals surface area contributed by atoms with Crippen LogP contribution in [0.3, 0.4) is 0 Å². The second-order valence-electron chi connectivity index (χ2n) is 6.63. The number of benzene rings is 2. The molecule has 0 N–H and O–H groups in total. The number of morpholine rings is 1. The minimum absolute atomic E-state index is 0.183. The third-order valence-electron chi connectivity index (χ3n) is 4.81. The SMILES string of the molecule is CN1C(=O)/C(=C\N2CCOCC2)N=C(c2ccccc2Cl)c2cc(Cl)ccc21. The van der Waals surface area contributed by atoms with Gasteiger partial charge in [0.15, 0.2) is 0 Å². The maximum absolute atomic E-state index is 13.2. The Balaban J connectivity index is 1.92. The van der Waals surface area contributed by atoms with Gasteiger partial charge in [0.2, 0.25) is 0 Å². The molecule has 2 aliphatic rings. The largest absolute Gasteiger partial charge is 0.378 e. The van der Waals surface area contributed by atoms with Crippen LogP contribution in [-0.2, 0) is 9.53 Å². The van der Waals surface area contributed by atoms with E-state index in [1.807, 2.05) is 42.6 Å². The van der Waals surface area contributed by atoms with Crippen molar-refractivity contribution in [1.82, 2.24) is 4.90 Å². The molecule has 0 atom stereocenters. The van der Waals surface area contributed by atoms with E-state index >= 15 is 0 Å². The van der Waals surface area contributed by atoms with Crippen molar-refractivity contribution < 1.29 is 9.53 Å². The van der Waals surface area contributed by atoms with Crippen molar-refractivity contribution in [3.63, 3.8) is 0 Å². The van der Waals surface area contributed by atoms with Crippen molar-refractivity contribution in [2.45, 2.75) is 0 Å². The lowest BCUT2D eigenvalue weighted by atomic mass is 10.00. The van der Waals surface area contributed by atoms with Gasteiger partial charge in [-0.3, -0.25) is 4.79 Å². The van der Waals surface area contributed by atoms with Crippen LogP contribution >= 0.6 is 23.2 Å². The highest BCUT2D eigenvalue weighted by Crippen LogP contribution is 2.33. The van der Waals surface area contributed by atoms with Crippen molar-refractivity contribution in [3.8, 4) is 0 Å². The summed E-state index contributed by atoms with van der Waals surface area (Å²) in [6, 6.07) is 12.9. The minimum atomic E-state index is -0.183. The van der Waals surface area contributed by atoms with Gasteiger partial charge in [-0.25, -0.2) is 4.99 Å². The summed E-state index contributed by atoms with van der Waals surface area (Å²) >= 11 is 12.7. The predicted molar refractivity (Wildman–Crippen MR) is 112 cm³/mol. The molecule has 0 aromatic heterocycles. The van der Waals surface area contributed by atoms with E-state index in [0.29, 0.717) is 34.7 Å². The van der Waals surface area contributed by atoms with Crippen molar-refractivity contribution in [3.05, 3.63) is 75.5 Å². The fourth-order valence-electron chi connectivity index (χ4n) is 3.32. The molecule has 1 saturated heterocycles. The van der Waals surface area contributed by atoms with Crippen LogP contribution in [0.4, 0.5) is 5.69 Å². The van der Waals surface area contributed by atoms with E-state index in [1.54, 1.807) is 18.0 Å². The highest BCUT2D eigenvalue weighted by Gasteiger charge is 2.28. The molecule has 0 aliphatic carbocycles. The number of carbonyl (C=O) groups is 1. The van der Waals surface area contributed by atoms with Crippen LogP contribution < -0.4 is 4.90 Å². The van der Waals surface area contributed by atoms with Gasteiger partial charge in [0, 0.05) is 47.5 Å². The number of ether oxygens (including phenoxy) is 1. The standard InChI is InChI=1S/C21H19Cl2N3O2/c1-25-19-7-6-14(22)12-16(19)20(15-4-2-3-5-17(15)23)24-18(21(25)27)13-26-8-10-28-11-9-26/h2-7,12-13H,8-11H2,1H3/b18-13+. The van der Waals surface area contributed by atoms with Crippen molar-refractivity contribution in [2.24, 2.45) is 4.99 Å². The summed E-state index contributed by atoms with van der Waals surface area (Å²) in [5.74, 6) is -0.183. The Morgan fingerprint density at radius 1 is 1.07 bits per heavy atom. The number of hydrogen-bond donors (Lipinski definition) is 0. The average Bonchev–Trinajstić information content (AvgIpc) is 2.80. The number of anilines is 1. The molecule has 2 aromatic carbocycles. The number of nitrogens with zero attached hydrogens (tertiary/aromatic N) is 3. The average molecular weight is 416 g/mol. The number of benzodiazepines with no additional fused rings is 1. The highest BCUT2D eigenvalue weighted by atomic mass is 35.5. The molecule has 0 bridgehead atoms. The van der Waals surface area contributed by atoms with Gasteiger partial charge in [0.1, 0.15) is 5.70 Å². The summed E-state index contributed by atoms with van der Waals surface area (Å²) in [5, 5.41) is 1.13. The van der Waals surface area contributed by atoms with Gasteiger partial charge in [-0.2, -0.15) is 0 Å². The van der Waals surface area contributed by atoms with Gasteiger partial charge in [-0.05, 0) is 24.3 Å². The van der Waals surface area contributed by atoms with Gasteiger partial charge in [-0.15, -0.1) is 0 Å². The Hall–Kier alpha value is -2.34. The molecule has 2 aliphatic heterocycles. The van der Waals surface area contributed by atoms with Gasteiger partial charge < -0.3 is 14.5 Å². The van der Waals surface area contributed by atoms with Crippen LogP contribution in [0.5, 0.6) is 0 Å². The van der Waals surface area contributed by atoms with Crippen molar-refractivity contribution >= 4 is 40.5 Å². The molecule has 2 heterocycles. The topological polar surface area (TPSA) is 45.1 Å². The summed E-state index contributed by atoms with van der Waals surface area (Å²) in [6.07, 6.45) is 1.81.